The lowest BCUT2D eigenvalue weighted by atomic mass is 10.3. The molecule has 0 atom stereocenters. The van der Waals surface area contributed by atoms with Gasteiger partial charge in [0, 0.05) is 12.8 Å². The molecule has 0 aliphatic heterocycles. The predicted octanol–water partition coefficient (Wildman–Crippen LogP) is 2.37. The maximum Gasteiger partial charge on any atom is 0.399 e. The van der Waals surface area contributed by atoms with Crippen LogP contribution in [0.25, 0.3) is 0 Å². The van der Waals surface area contributed by atoms with Gasteiger partial charge in [-0.2, -0.15) is 4.98 Å². The third-order valence-electron chi connectivity index (χ3n) is 2.72. The van der Waals surface area contributed by atoms with Gasteiger partial charge < -0.3 is 14.5 Å². The molecule has 2 rings (SSSR count). The van der Waals surface area contributed by atoms with Gasteiger partial charge in [0.1, 0.15) is 12.0 Å². The monoisotopic (exact) mass is 310 g/mol. The Labute approximate surface area is 124 Å². The Morgan fingerprint density at radius 3 is 2.62 bits per heavy atom. The van der Waals surface area contributed by atoms with Crippen LogP contribution in [0.1, 0.15) is 19.0 Å². The van der Waals surface area contributed by atoms with Crippen molar-refractivity contribution in [1.29, 1.82) is 0 Å². The van der Waals surface area contributed by atoms with Crippen LogP contribution in [0.4, 0.5) is 0 Å². The van der Waals surface area contributed by atoms with Crippen LogP contribution in [0.15, 0.2) is 39.8 Å². The molecule has 0 radical (unpaired) electrons. The Morgan fingerprint density at radius 1 is 1.29 bits per heavy atom. The van der Waals surface area contributed by atoms with Crippen molar-refractivity contribution in [2.75, 3.05) is 12.8 Å². The van der Waals surface area contributed by atoms with Crippen LogP contribution in [-0.2, 0) is 16.4 Å². The number of benzene rings is 1. The molecule has 0 aliphatic rings. The Hall–Kier alpha value is -1.86. The van der Waals surface area contributed by atoms with E-state index in [1.54, 1.807) is 12.1 Å². The molecule has 0 amide bonds. The van der Waals surface area contributed by atoms with E-state index in [1.165, 1.54) is 18.4 Å². The number of rotatable bonds is 7. The first-order valence-corrected chi connectivity index (χ1v) is 8.51. The second kappa shape index (κ2) is 6.73. The van der Waals surface area contributed by atoms with Crippen LogP contribution in [0.5, 0.6) is 11.8 Å². The van der Waals surface area contributed by atoms with E-state index < -0.39 is 9.84 Å². The van der Waals surface area contributed by atoms with Crippen molar-refractivity contribution in [3.05, 3.63) is 36.2 Å². The fourth-order valence-corrected chi connectivity index (χ4v) is 2.30. The third kappa shape index (κ3) is 4.57. The summed E-state index contributed by atoms with van der Waals surface area (Å²) in [7, 11) is -3.20. The van der Waals surface area contributed by atoms with Gasteiger partial charge in [0.05, 0.1) is 10.6 Å². The van der Waals surface area contributed by atoms with Crippen LogP contribution < -0.4 is 10.1 Å². The van der Waals surface area contributed by atoms with Crippen molar-refractivity contribution in [2.24, 2.45) is 0 Å². The van der Waals surface area contributed by atoms with Gasteiger partial charge in [0.2, 0.25) is 0 Å². The smallest absolute Gasteiger partial charge is 0.399 e. The van der Waals surface area contributed by atoms with Gasteiger partial charge in [-0.3, -0.25) is 0 Å². The molecule has 1 N–H and O–H groups in total. The largest absolute Gasteiger partial charge is 0.417 e. The van der Waals surface area contributed by atoms with Crippen LogP contribution >= 0.6 is 0 Å². The standard InChI is InChI=1S/C14H18N2O4S/c1-3-8-15-9-11-10-19-14(16-11)20-12-4-6-13(7-5-12)21(2,17)18/h4-7,10,15H,3,8-9H2,1-2H3. The number of hydrogen-bond donors (Lipinski definition) is 1. The summed E-state index contributed by atoms with van der Waals surface area (Å²) in [6.45, 7) is 3.62. The lowest BCUT2D eigenvalue weighted by Crippen LogP contribution is -2.13. The van der Waals surface area contributed by atoms with Crippen molar-refractivity contribution in [3.63, 3.8) is 0 Å². The summed E-state index contributed by atoms with van der Waals surface area (Å²) in [5.41, 5.74) is 0.756. The minimum absolute atomic E-state index is 0.135. The second-order valence-electron chi connectivity index (χ2n) is 4.63. The van der Waals surface area contributed by atoms with E-state index in [2.05, 4.69) is 17.2 Å². The molecule has 21 heavy (non-hydrogen) atoms. The minimum atomic E-state index is -3.20. The minimum Gasteiger partial charge on any atom is -0.417 e. The average molecular weight is 310 g/mol. The van der Waals surface area contributed by atoms with Gasteiger partial charge in [-0.15, -0.1) is 0 Å². The molecule has 0 bridgehead atoms. The first-order chi connectivity index (χ1) is 9.99. The van der Waals surface area contributed by atoms with Crippen LogP contribution in [0.3, 0.4) is 0 Å². The van der Waals surface area contributed by atoms with E-state index in [9.17, 15) is 8.42 Å². The molecular formula is C14H18N2O4S. The first-order valence-electron chi connectivity index (χ1n) is 6.62. The average Bonchev–Trinajstić information content (AvgIpc) is 2.86. The topological polar surface area (TPSA) is 81.4 Å². The summed E-state index contributed by atoms with van der Waals surface area (Å²) in [6.07, 6.45) is 3.87. The molecule has 7 heteroatoms. The van der Waals surface area contributed by atoms with Gasteiger partial charge in [-0.1, -0.05) is 6.92 Å². The highest BCUT2D eigenvalue weighted by atomic mass is 32.2. The van der Waals surface area contributed by atoms with Gasteiger partial charge >= 0.3 is 6.08 Å². The molecule has 1 heterocycles. The summed E-state index contributed by atoms with van der Waals surface area (Å²) in [5.74, 6) is 0.470. The number of aromatic nitrogens is 1. The predicted molar refractivity (Wildman–Crippen MR) is 78.1 cm³/mol. The number of nitrogens with one attached hydrogen (secondary N) is 1. The highest BCUT2D eigenvalue weighted by Gasteiger charge is 2.09. The summed E-state index contributed by atoms with van der Waals surface area (Å²) in [5, 5.41) is 3.21. The molecule has 0 aliphatic carbocycles. The summed E-state index contributed by atoms with van der Waals surface area (Å²) in [6, 6.07) is 6.10. The first kappa shape index (κ1) is 15.5. The van der Waals surface area contributed by atoms with Crippen LogP contribution in [0.2, 0.25) is 0 Å². The Morgan fingerprint density at radius 2 is 2.00 bits per heavy atom. The number of nitrogens with zero attached hydrogens (tertiary/aromatic N) is 1. The third-order valence-corrected chi connectivity index (χ3v) is 3.85. The van der Waals surface area contributed by atoms with Crippen LogP contribution in [0, 0.1) is 0 Å². The molecule has 6 nitrogen and oxygen atoms in total. The molecule has 2 aromatic rings. The van der Waals surface area contributed by atoms with E-state index in [4.69, 9.17) is 9.15 Å². The maximum absolute atomic E-state index is 11.4. The quantitative estimate of drug-likeness (QED) is 0.791. The van der Waals surface area contributed by atoms with E-state index in [1.807, 2.05) is 0 Å². The normalized spacial score (nSPS) is 11.5. The lowest BCUT2D eigenvalue weighted by molar-refractivity contribution is 0.330. The van der Waals surface area contributed by atoms with E-state index in [-0.39, 0.29) is 11.0 Å². The Bertz CT molecular complexity index is 677. The van der Waals surface area contributed by atoms with Crippen molar-refractivity contribution < 1.29 is 17.6 Å². The maximum atomic E-state index is 11.4. The SMILES string of the molecule is CCCNCc1coc(Oc2ccc(S(C)(=O)=O)cc2)n1. The number of oxazole rings is 1. The summed E-state index contributed by atoms with van der Waals surface area (Å²) in [4.78, 5) is 4.42. The van der Waals surface area contributed by atoms with Crippen molar-refractivity contribution in [2.45, 2.75) is 24.8 Å². The highest BCUT2D eigenvalue weighted by molar-refractivity contribution is 7.90. The Kier molecular flexibility index (Phi) is 4.98. The van der Waals surface area contributed by atoms with Gasteiger partial charge in [-0.25, -0.2) is 8.42 Å². The molecule has 0 unspecified atom stereocenters. The molecule has 1 aromatic carbocycles. The van der Waals surface area contributed by atoms with E-state index >= 15 is 0 Å². The molecule has 114 valence electrons. The summed E-state index contributed by atoms with van der Waals surface area (Å²) >= 11 is 0. The lowest BCUT2D eigenvalue weighted by Gasteiger charge is -2.02. The van der Waals surface area contributed by atoms with Crippen LogP contribution in [-0.4, -0.2) is 26.2 Å². The molecule has 0 saturated carbocycles. The zero-order valence-corrected chi connectivity index (χ0v) is 12.8. The molecule has 0 fully saturated rings. The highest BCUT2D eigenvalue weighted by Crippen LogP contribution is 2.22. The molecule has 1 aromatic heterocycles. The summed E-state index contributed by atoms with van der Waals surface area (Å²) < 4.78 is 33.3. The van der Waals surface area contributed by atoms with E-state index in [0.29, 0.717) is 12.3 Å². The number of ether oxygens (including phenoxy) is 1. The molecule has 0 saturated heterocycles. The van der Waals surface area contributed by atoms with E-state index in [0.717, 1.165) is 24.9 Å². The zero-order chi connectivity index (χ0) is 15.3. The number of hydrogen-bond acceptors (Lipinski definition) is 6. The van der Waals surface area contributed by atoms with Gasteiger partial charge in [0.25, 0.3) is 0 Å². The van der Waals surface area contributed by atoms with Crippen molar-refractivity contribution in [1.82, 2.24) is 10.3 Å². The van der Waals surface area contributed by atoms with Gasteiger partial charge in [0.15, 0.2) is 9.84 Å². The molecule has 0 spiro atoms. The Balaban J connectivity index is 1.98. The zero-order valence-electron chi connectivity index (χ0n) is 12.0. The molecular weight excluding hydrogens is 292 g/mol. The van der Waals surface area contributed by atoms with Crippen molar-refractivity contribution >= 4 is 9.84 Å². The van der Waals surface area contributed by atoms with Gasteiger partial charge in [-0.05, 0) is 37.2 Å². The number of sulfone groups is 1. The van der Waals surface area contributed by atoms with Crippen molar-refractivity contribution in [3.8, 4) is 11.8 Å². The fourth-order valence-electron chi connectivity index (χ4n) is 1.67. The second-order valence-corrected chi connectivity index (χ2v) is 6.64. The fraction of sp³-hybridized carbons (Fsp3) is 0.357.